The van der Waals surface area contributed by atoms with Crippen molar-refractivity contribution in [2.45, 2.75) is 58.3 Å². The summed E-state index contributed by atoms with van der Waals surface area (Å²) in [4.78, 5) is 10.6. The molecule has 0 radical (unpaired) electrons. The van der Waals surface area contributed by atoms with Crippen LogP contribution in [0.2, 0.25) is 0 Å². The molecule has 1 rings (SSSR count). The van der Waals surface area contributed by atoms with Gasteiger partial charge < -0.3 is 9.53 Å². The SMILES string of the molecule is CCCCCCOCC1CCC(C=O)CC1. The first kappa shape index (κ1) is 13.7. The van der Waals surface area contributed by atoms with Gasteiger partial charge in [0, 0.05) is 19.1 Å². The highest BCUT2D eigenvalue weighted by Gasteiger charge is 2.20. The molecule has 0 saturated heterocycles. The smallest absolute Gasteiger partial charge is 0.123 e. The molecule has 0 bridgehead atoms. The second-order valence-electron chi connectivity index (χ2n) is 5.05. The minimum absolute atomic E-state index is 0.334. The van der Waals surface area contributed by atoms with Gasteiger partial charge in [0.25, 0.3) is 0 Å². The van der Waals surface area contributed by atoms with Crippen LogP contribution in [0, 0.1) is 11.8 Å². The fourth-order valence-electron chi connectivity index (χ4n) is 2.37. The lowest BCUT2D eigenvalue weighted by Crippen LogP contribution is -2.19. The van der Waals surface area contributed by atoms with E-state index in [0.29, 0.717) is 11.8 Å². The van der Waals surface area contributed by atoms with Crippen molar-refractivity contribution in [2.24, 2.45) is 11.8 Å². The minimum atomic E-state index is 0.334. The molecule has 0 N–H and O–H groups in total. The Morgan fingerprint density at radius 3 is 2.50 bits per heavy atom. The van der Waals surface area contributed by atoms with Crippen molar-refractivity contribution in [3.05, 3.63) is 0 Å². The van der Waals surface area contributed by atoms with Crippen LogP contribution in [-0.4, -0.2) is 19.5 Å². The number of hydrogen-bond acceptors (Lipinski definition) is 2. The molecule has 1 aliphatic rings. The number of rotatable bonds is 8. The first-order valence-corrected chi connectivity index (χ1v) is 6.89. The molecule has 1 fully saturated rings. The molecule has 1 saturated carbocycles. The Morgan fingerprint density at radius 1 is 1.12 bits per heavy atom. The molecule has 0 amide bonds. The average molecular weight is 226 g/mol. The van der Waals surface area contributed by atoms with Crippen molar-refractivity contribution in [2.75, 3.05) is 13.2 Å². The Labute approximate surface area is 99.8 Å². The van der Waals surface area contributed by atoms with Crippen LogP contribution in [0.4, 0.5) is 0 Å². The van der Waals surface area contributed by atoms with Gasteiger partial charge in [-0.3, -0.25) is 0 Å². The Balaban J connectivity index is 1.92. The number of ether oxygens (including phenoxy) is 1. The van der Waals surface area contributed by atoms with E-state index in [2.05, 4.69) is 6.92 Å². The number of carbonyl (C=O) groups excluding carboxylic acids is 1. The Hall–Kier alpha value is -0.370. The first-order valence-electron chi connectivity index (χ1n) is 6.89. The maximum absolute atomic E-state index is 10.6. The maximum atomic E-state index is 10.6. The van der Waals surface area contributed by atoms with Crippen LogP contribution in [0.5, 0.6) is 0 Å². The Morgan fingerprint density at radius 2 is 1.88 bits per heavy atom. The fraction of sp³-hybridized carbons (Fsp3) is 0.929. The molecule has 1 aliphatic carbocycles. The predicted molar refractivity (Wildman–Crippen MR) is 66.5 cm³/mol. The topological polar surface area (TPSA) is 26.3 Å². The molecular formula is C14H26O2. The van der Waals surface area contributed by atoms with Crippen LogP contribution in [0.25, 0.3) is 0 Å². The van der Waals surface area contributed by atoms with Gasteiger partial charge in [0.2, 0.25) is 0 Å². The predicted octanol–water partition coefficient (Wildman–Crippen LogP) is 3.59. The maximum Gasteiger partial charge on any atom is 0.123 e. The summed E-state index contributed by atoms with van der Waals surface area (Å²) in [5, 5.41) is 0. The third-order valence-electron chi connectivity index (χ3n) is 3.58. The van der Waals surface area contributed by atoms with E-state index in [1.807, 2.05) is 0 Å². The summed E-state index contributed by atoms with van der Waals surface area (Å²) in [6.45, 7) is 4.07. The monoisotopic (exact) mass is 226 g/mol. The standard InChI is InChI=1S/C14H26O2/c1-2-3-4-5-10-16-12-14-8-6-13(11-15)7-9-14/h11,13-14H,2-10,12H2,1H3. The zero-order valence-electron chi connectivity index (χ0n) is 10.6. The summed E-state index contributed by atoms with van der Waals surface area (Å²) in [5.41, 5.74) is 0. The van der Waals surface area contributed by atoms with Gasteiger partial charge in [-0.1, -0.05) is 26.2 Å². The summed E-state index contributed by atoms with van der Waals surface area (Å²) in [6, 6.07) is 0. The molecule has 0 spiro atoms. The molecule has 94 valence electrons. The quantitative estimate of drug-likeness (QED) is 0.467. The molecule has 2 nitrogen and oxygen atoms in total. The lowest BCUT2D eigenvalue weighted by molar-refractivity contribution is -0.112. The summed E-state index contributed by atoms with van der Waals surface area (Å²) >= 11 is 0. The van der Waals surface area contributed by atoms with Crippen molar-refractivity contribution in [1.82, 2.24) is 0 Å². The van der Waals surface area contributed by atoms with Crippen molar-refractivity contribution in [1.29, 1.82) is 0 Å². The second-order valence-corrected chi connectivity index (χ2v) is 5.05. The van der Waals surface area contributed by atoms with Crippen molar-refractivity contribution in [3.8, 4) is 0 Å². The van der Waals surface area contributed by atoms with Crippen LogP contribution in [0.3, 0.4) is 0 Å². The van der Waals surface area contributed by atoms with Crippen LogP contribution >= 0.6 is 0 Å². The molecule has 2 heteroatoms. The van der Waals surface area contributed by atoms with E-state index in [1.54, 1.807) is 0 Å². The van der Waals surface area contributed by atoms with Crippen LogP contribution in [-0.2, 0) is 9.53 Å². The van der Waals surface area contributed by atoms with E-state index in [-0.39, 0.29) is 0 Å². The molecule has 16 heavy (non-hydrogen) atoms. The second kappa shape index (κ2) is 8.74. The number of carbonyl (C=O) groups is 1. The van der Waals surface area contributed by atoms with E-state index < -0.39 is 0 Å². The average Bonchev–Trinajstić information content (AvgIpc) is 2.34. The highest BCUT2D eigenvalue weighted by atomic mass is 16.5. The lowest BCUT2D eigenvalue weighted by atomic mass is 9.83. The largest absolute Gasteiger partial charge is 0.381 e. The summed E-state index contributed by atoms with van der Waals surface area (Å²) in [7, 11) is 0. The molecule has 0 unspecified atom stereocenters. The van der Waals surface area contributed by atoms with Gasteiger partial charge in [0.1, 0.15) is 6.29 Å². The third kappa shape index (κ3) is 5.64. The van der Waals surface area contributed by atoms with Gasteiger partial charge in [0.15, 0.2) is 0 Å². The molecule has 0 aromatic heterocycles. The number of hydrogen-bond donors (Lipinski definition) is 0. The highest BCUT2D eigenvalue weighted by molar-refractivity contribution is 5.53. The van der Waals surface area contributed by atoms with Crippen LogP contribution in [0.15, 0.2) is 0 Å². The van der Waals surface area contributed by atoms with E-state index in [0.717, 1.165) is 32.3 Å². The van der Waals surface area contributed by atoms with Crippen LogP contribution in [0.1, 0.15) is 58.3 Å². The number of unbranched alkanes of at least 4 members (excludes halogenated alkanes) is 3. The minimum Gasteiger partial charge on any atom is -0.381 e. The van der Waals surface area contributed by atoms with Gasteiger partial charge in [-0.25, -0.2) is 0 Å². The third-order valence-corrected chi connectivity index (χ3v) is 3.58. The molecule has 0 aliphatic heterocycles. The summed E-state index contributed by atoms with van der Waals surface area (Å²) in [5.74, 6) is 1.04. The highest BCUT2D eigenvalue weighted by Crippen LogP contribution is 2.27. The van der Waals surface area contributed by atoms with Gasteiger partial charge in [-0.15, -0.1) is 0 Å². The first-order chi connectivity index (χ1) is 7.86. The van der Waals surface area contributed by atoms with E-state index >= 15 is 0 Å². The van der Waals surface area contributed by atoms with Gasteiger partial charge in [-0.05, 0) is 38.0 Å². The van der Waals surface area contributed by atoms with E-state index in [4.69, 9.17) is 4.74 Å². The molecule has 0 atom stereocenters. The molecule has 0 aromatic carbocycles. The Kier molecular flexibility index (Phi) is 7.48. The fourth-order valence-corrected chi connectivity index (χ4v) is 2.37. The molecular weight excluding hydrogens is 200 g/mol. The van der Waals surface area contributed by atoms with Gasteiger partial charge in [-0.2, -0.15) is 0 Å². The zero-order valence-corrected chi connectivity index (χ0v) is 10.6. The van der Waals surface area contributed by atoms with E-state index in [1.165, 1.54) is 38.5 Å². The van der Waals surface area contributed by atoms with Crippen molar-refractivity contribution in [3.63, 3.8) is 0 Å². The van der Waals surface area contributed by atoms with Crippen molar-refractivity contribution < 1.29 is 9.53 Å². The number of aldehydes is 1. The normalized spacial score (nSPS) is 25.6. The van der Waals surface area contributed by atoms with Crippen LogP contribution < -0.4 is 0 Å². The lowest BCUT2D eigenvalue weighted by Gasteiger charge is -2.25. The van der Waals surface area contributed by atoms with E-state index in [9.17, 15) is 4.79 Å². The summed E-state index contributed by atoms with van der Waals surface area (Å²) in [6.07, 6.45) is 10.8. The van der Waals surface area contributed by atoms with Gasteiger partial charge in [0.05, 0.1) is 0 Å². The van der Waals surface area contributed by atoms with Gasteiger partial charge >= 0.3 is 0 Å². The summed E-state index contributed by atoms with van der Waals surface area (Å²) < 4.78 is 5.70. The van der Waals surface area contributed by atoms with Crippen molar-refractivity contribution >= 4 is 6.29 Å². The molecule has 0 aromatic rings. The Bertz CT molecular complexity index is 172. The molecule has 0 heterocycles. The zero-order chi connectivity index (χ0) is 11.6.